The average molecular weight is 419 g/mol. The van der Waals surface area contributed by atoms with Gasteiger partial charge in [0.05, 0.1) is 11.1 Å². The molecule has 1 aliphatic carbocycles. The van der Waals surface area contributed by atoms with Gasteiger partial charge in [-0.3, -0.25) is 4.79 Å². The molecule has 0 bridgehead atoms. The van der Waals surface area contributed by atoms with Crippen molar-refractivity contribution in [3.63, 3.8) is 0 Å². The summed E-state index contributed by atoms with van der Waals surface area (Å²) in [7, 11) is 0. The van der Waals surface area contributed by atoms with Crippen LogP contribution in [0.4, 0.5) is 13.2 Å². The monoisotopic (exact) mass is 419 g/mol. The zero-order valence-electron chi connectivity index (χ0n) is 17.2. The predicted molar refractivity (Wildman–Crippen MR) is 111 cm³/mol. The molecule has 1 aromatic heterocycles. The van der Waals surface area contributed by atoms with Gasteiger partial charge < -0.3 is 10.6 Å². The third kappa shape index (κ3) is 4.46. The van der Waals surface area contributed by atoms with Crippen LogP contribution in [0, 0.1) is 6.92 Å². The minimum atomic E-state index is -4.52. The van der Waals surface area contributed by atoms with Gasteiger partial charge in [0.2, 0.25) is 0 Å². The molecule has 1 aliphatic heterocycles. The van der Waals surface area contributed by atoms with Crippen molar-refractivity contribution in [1.82, 2.24) is 15.6 Å². The quantitative estimate of drug-likeness (QED) is 0.726. The summed E-state index contributed by atoms with van der Waals surface area (Å²) in [5, 5.41) is 6.66. The van der Waals surface area contributed by atoms with Gasteiger partial charge in [-0.2, -0.15) is 13.2 Å². The molecule has 1 unspecified atom stereocenters. The van der Waals surface area contributed by atoms with Gasteiger partial charge in [-0.1, -0.05) is 19.3 Å². The molecule has 2 heterocycles. The number of pyridine rings is 1. The van der Waals surface area contributed by atoms with Crippen LogP contribution in [0.15, 0.2) is 18.2 Å². The Morgan fingerprint density at radius 2 is 1.87 bits per heavy atom. The minimum absolute atomic E-state index is 0.0370. The van der Waals surface area contributed by atoms with Crippen LogP contribution in [0.5, 0.6) is 0 Å². The molecule has 2 aromatic rings. The number of hydrogen-bond acceptors (Lipinski definition) is 3. The predicted octanol–water partition coefficient (Wildman–Crippen LogP) is 5.09. The van der Waals surface area contributed by atoms with Gasteiger partial charge in [0.15, 0.2) is 0 Å². The van der Waals surface area contributed by atoms with Crippen molar-refractivity contribution < 1.29 is 18.0 Å². The Balaban J connectivity index is 1.67. The molecule has 1 saturated carbocycles. The summed E-state index contributed by atoms with van der Waals surface area (Å²) in [5.41, 5.74) is 0.540. The Hall–Kier alpha value is -2.15. The Kier molecular flexibility index (Phi) is 6.00. The summed E-state index contributed by atoms with van der Waals surface area (Å²) in [6, 6.07) is 4.89. The summed E-state index contributed by atoms with van der Waals surface area (Å²) in [4.78, 5) is 16.8. The number of halogens is 3. The number of alkyl halides is 3. The van der Waals surface area contributed by atoms with Crippen LogP contribution < -0.4 is 10.6 Å². The number of amides is 1. The highest BCUT2D eigenvalue weighted by molar-refractivity contribution is 5.97. The van der Waals surface area contributed by atoms with Crippen molar-refractivity contribution in [2.75, 3.05) is 13.1 Å². The highest BCUT2D eigenvalue weighted by Crippen LogP contribution is 2.41. The Bertz CT molecular complexity index is 929. The Morgan fingerprint density at radius 1 is 1.13 bits per heavy atom. The van der Waals surface area contributed by atoms with E-state index < -0.39 is 17.6 Å². The van der Waals surface area contributed by atoms with Gasteiger partial charge in [0, 0.05) is 18.0 Å². The van der Waals surface area contributed by atoms with Crippen LogP contribution in [0.3, 0.4) is 0 Å². The number of carbonyl (C=O) groups is 1. The molecule has 1 saturated heterocycles. The molecular formula is C23H28F3N3O. The normalized spacial score (nSPS) is 20.6. The van der Waals surface area contributed by atoms with E-state index in [-0.39, 0.29) is 23.2 Å². The fraction of sp³-hybridized carbons (Fsp3) is 0.565. The molecule has 1 atom stereocenters. The molecule has 4 rings (SSSR count). The number of rotatable bonds is 4. The maximum absolute atomic E-state index is 13.9. The maximum atomic E-state index is 13.9. The largest absolute Gasteiger partial charge is 0.418 e. The van der Waals surface area contributed by atoms with Crippen LogP contribution >= 0.6 is 0 Å². The number of nitrogens with one attached hydrogen (secondary N) is 2. The number of hydrogen-bond donors (Lipinski definition) is 2. The molecule has 0 radical (unpaired) electrons. The lowest BCUT2D eigenvalue weighted by atomic mass is 9.92. The van der Waals surface area contributed by atoms with E-state index in [1.54, 1.807) is 13.0 Å². The van der Waals surface area contributed by atoms with Crippen LogP contribution in [0.1, 0.15) is 78.0 Å². The molecule has 4 nitrogen and oxygen atoms in total. The highest BCUT2D eigenvalue weighted by Gasteiger charge is 2.35. The van der Waals surface area contributed by atoms with E-state index in [2.05, 4.69) is 15.6 Å². The molecule has 1 aromatic carbocycles. The van der Waals surface area contributed by atoms with Gasteiger partial charge in [0.1, 0.15) is 5.69 Å². The molecule has 30 heavy (non-hydrogen) atoms. The number of nitrogens with zero attached hydrogens (tertiary/aromatic N) is 1. The fourth-order valence-corrected chi connectivity index (χ4v) is 4.75. The zero-order chi connectivity index (χ0) is 21.3. The fourth-order valence-electron chi connectivity index (χ4n) is 4.75. The first-order chi connectivity index (χ1) is 14.3. The van der Waals surface area contributed by atoms with Gasteiger partial charge in [-0.25, -0.2) is 4.98 Å². The lowest BCUT2D eigenvalue weighted by Crippen LogP contribution is -2.43. The lowest BCUT2D eigenvalue weighted by Gasteiger charge is -2.23. The number of benzene rings is 1. The Morgan fingerprint density at radius 3 is 2.53 bits per heavy atom. The van der Waals surface area contributed by atoms with E-state index in [4.69, 9.17) is 0 Å². The summed E-state index contributed by atoms with van der Waals surface area (Å²) < 4.78 is 41.7. The number of aromatic nitrogens is 1. The van der Waals surface area contributed by atoms with E-state index in [0.717, 1.165) is 57.1 Å². The molecule has 7 heteroatoms. The summed E-state index contributed by atoms with van der Waals surface area (Å²) in [6.45, 7) is 3.12. The van der Waals surface area contributed by atoms with Crippen molar-refractivity contribution in [2.24, 2.45) is 0 Å². The molecule has 0 spiro atoms. The van der Waals surface area contributed by atoms with Crippen LogP contribution in [-0.2, 0) is 6.18 Å². The van der Waals surface area contributed by atoms with Crippen molar-refractivity contribution in [3.8, 4) is 0 Å². The first-order valence-corrected chi connectivity index (χ1v) is 10.9. The molecule has 1 amide bonds. The number of piperidine rings is 1. The molecule has 2 N–H and O–H groups in total. The second-order valence-corrected chi connectivity index (χ2v) is 8.63. The first-order valence-electron chi connectivity index (χ1n) is 10.9. The van der Waals surface area contributed by atoms with Gasteiger partial charge in [-0.05, 0) is 74.4 Å². The van der Waals surface area contributed by atoms with Gasteiger partial charge in [0.25, 0.3) is 5.91 Å². The maximum Gasteiger partial charge on any atom is 0.418 e. The standard InChI is InChI=1S/C23H28F3N3O/c1-14-10-20(22(30)28-13-17-8-4-5-9-27-17)29-21-18(14)11-16(15-6-2-3-7-15)12-19(21)23(24,25)26/h10-12,15,17,27H,2-9,13H2,1H3,(H,28,30). The third-order valence-electron chi connectivity index (χ3n) is 6.43. The zero-order valence-corrected chi connectivity index (χ0v) is 17.2. The van der Waals surface area contributed by atoms with Crippen molar-refractivity contribution in [3.05, 3.63) is 40.6 Å². The molecule has 2 fully saturated rings. The molecule has 162 valence electrons. The number of aryl methyl sites for hydroxylation is 1. The van der Waals surface area contributed by atoms with Gasteiger partial charge in [-0.15, -0.1) is 0 Å². The molecular weight excluding hydrogens is 391 g/mol. The third-order valence-corrected chi connectivity index (χ3v) is 6.43. The van der Waals surface area contributed by atoms with Crippen LogP contribution in [-0.4, -0.2) is 30.0 Å². The summed E-state index contributed by atoms with van der Waals surface area (Å²) >= 11 is 0. The van der Waals surface area contributed by atoms with Crippen LogP contribution in [0.25, 0.3) is 10.9 Å². The number of carbonyl (C=O) groups excluding carboxylic acids is 1. The topological polar surface area (TPSA) is 54.0 Å². The molecule has 2 aliphatic rings. The lowest BCUT2D eigenvalue weighted by molar-refractivity contribution is -0.136. The Labute approximate surface area is 174 Å². The second kappa shape index (κ2) is 8.53. The van der Waals surface area contributed by atoms with E-state index in [1.807, 2.05) is 6.07 Å². The first kappa shape index (κ1) is 21.1. The summed E-state index contributed by atoms with van der Waals surface area (Å²) in [6.07, 6.45) is 2.64. The smallest absolute Gasteiger partial charge is 0.349 e. The van der Waals surface area contributed by atoms with Gasteiger partial charge >= 0.3 is 6.18 Å². The van der Waals surface area contributed by atoms with Crippen molar-refractivity contribution in [1.29, 1.82) is 0 Å². The van der Waals surface area contributed by atoms with E-state index >= 15 is 0 Å². The van der Waals surface area contributed by atoms with Crippen molar-refractivity contribution >= 4 is 16.8 Å². The average Bonchev–Trinajstić information content (AvgIpc) is 3.26. The van der Waals surface area contributed by atoms with E-state index in [0.29, 0.717) is 17.5 Å². The number of fused-ring (bicyclic) bond motifs is 1. The SMILES string of the molecule is Cc1cc(C(=O)NCC2CCCCN2)nc2c(C(F)(F)F)cc(C3CCCC3)cc12. The van der Waals surface area contributed by atoms with Crippen LogP contribution in [0.2, 0.25) is 0 Å². The van der Waals surface area contributed by atoms with E-state index in [1.165, 1.54) is 6.07 Å². The van der Waals surface area contributed by atoms with Crippen molar-refractivity contribution in [2.45, 2.75) is 70.0 Å². The second-order valence-electron chi connectivity index (χ2n) is 8.63. The minimum Gasteiger partial charge on any atom is -0.349 e. The summed E-state index contributed by atoms with van der Waals surface area (Å²) in [5.74, 6) is -0.263. The van der Waals surface area contributed by atoms with E-state index in [9.17, 15) is 18.0 Å². The highest BCUT2D eigenvalue weighted by atomic mass is 19.4.